The number of benzene rings is 1. The van der Waals surface area contributed by atoms with Crippen LogP contribution in [0.2, 0.25) is 0 Å². The van der Waals surface area contributed by atoms with Crippen LogP contribution in [-0.2, 0) is 0 Å². The summed E-state index contributed by atoms with van der Waals surface area (Å²) in [6, 6.07) is 9.13. The zero-order valence-electron chi connectivity index (χ0n) is 12.7. The summed E-state index contributed by atoms with van der Waals surface area (Å²) in [5, 5.41) is 3.72. The number of nitrogens with one attached hydrogen (secondary N) is 1. The van der Waals surface area contributed by atoms with E-state index in [2.05, 4.69) is 63.4 Å². The third-order valence-electron chi connectivity index (χ3n) is 4.25. The Bertz CT molecular complexity index is 447. The highest BCUT2D eigenvalue weighted by atomic mass is 14.9. The van der Waals surface area contributed by atoms with Gasteiger partial charge in [0.25, 0.3) is 0 Å². The Labute approximate surface area is 118 Å². The van der Waals surface area contributed by atoms with E-state index in [1.54, 1.807) is 5.57 Å². The van der Waals surface area contributed by atoms with Crippen LogP contribution in [0.15, 0.2) is 35.9 Å². The highest BCUT2D eigenvalue weighted by Crippen LogP contribution is 2.28. The van der Waals surface area contributed by atoms with Crippen molar-refractivity contribution in [2.45, 2.75) is 46.6 Å². The number of hydrogen-bond acceptors (Lipinski definition) is 1. The molecule has 0 radical (unpaired) electrons. The molecule has 0 bridgehead atoms. The fraction of sp³-hybridized carbons (Fsp3) is 0.556. The molecule has 1 aromatic carbocycles. The van der Waals surface area contributed by atoms with Crippen molar-refractivity contribution in [1.82, 2.24) is 5.32 Å². The van der Waals surface area contributed by atoms with Gasteiger partial charge < -0.3 is 5.32 Å². The molecule has 0 amide bonds. The molecule has 19 heavy (non-hydrogen) atoms. The molecule has 104 valence electrons. The molecule has 1 aromatic rings. The average molecular weight is 257 g/mol. The average Bonchev–Trinajstić information content (AvgIpc) is 2.35. The Kier molecular flexibility index (Phi) is 4.81. The van der Waals surface area contributed by atoms with Gasteiger partial charge in [0.15, 0.2) is 0 Å². The molecule has 0 aliphatic heterocycles. The van der Waals surface area contributed by atoms with E-state index >= 15 is 0 Å². The monoisotopic (exact) mass is 257 g/mol. The molecule has 0 spiro atoms. The van der Waals surface area contributed by atoms with Crippen LogP contribution in [0.25, 0.3) is 0 Å². The van der Waals surface area contributed by atoms with E-state index in [1.807, 2.05) is 0 Å². The van der Waals surface area contributed by atoms with Crippen LogP contribution in [0.4, 0.5) is 0 Å². The zero-order valence-corrected chi connectivity index (χ0v) is 12.7. The van der Waals surface area contributed by atoms with Crippen molar-refractivity contribution in [3.63, 3.8) is 0 Å². The van der Waals surface area contributed by atoms with E-state index < -0.39 is 0 Å². The first kappa shape index (κ1) is 14.3. The Balaban J connectivity index is 1.89. The quantitative estimate of drug-likeness (QED) is 0.775. The van der Waals surface area contributed by atoms with Crippen LogP contribution < -0.4 is 5.32 Å². The van der Waals surface area contributed by atoms with Crippen LogP contribution in [0.5, 0.6) is 0 Å². The topological polar surface area (TPSA) is 12.0 Å². The number of aryl methyl sites for hydroxylation is 1. The second-order valence-electron chi connectivity index (χ2n) is 6.28. The normalized spacial score (nSPS) is 24.9. The van der Waals surface area contributed by atoms with E-state index in [-0.39, 0.29) is 0 Å². The predicted molar refractivity (Wildman–Crippen MR) is 83.2 cm³/mol. The van der Waals surface area contributed by atoms with Crippen molar-refractivity contribution < 1.29 is 0 Å². The number of rotatable bonds is 4. The first-order valence-electron chi connectivity index (χ1n) is 7.52. The third-order valence-corrected chi connectivity index (χ3v) is 4.25. The molecule has 0 saturated heterocycles. The molecule has 0 fully saturated rings. The van der Waals surface area contributed by atoms with Gasteiger partial charge in [-0.05, 0) is 63.1 Å². The first-order chi connectivity index (χ1) is 9.06. The van der Waals surface area contributed by atoms with Gasteiger partial charge in [-0.2, -0.15) is 0 Å². The Morgan fingerprint density at radius 2 is 2.00 bits per heavy atom. The molecule has 1 heteroatoms. The summed E-state index contributed by atoms with van der Waals surface area (Å²) in [5.74, 6) is 1.54. The molecule has 1 nitrogen and oxygen atoms in total. The van der Waals surface area contributed by atoms with Gasteiger partial charge in [-0.3, -0.25) is 0 Å². The number of allylic oxidation sites excluding steroid dienone is 2. The smallest absolute Gasteiger partial charge is 0.0294 e. The standard InChI is InChI=1S/C18H27N/c1-13-9-14(2)11-17(10-13)12-19-16(4)18-8-6-5-7-15(18)3/h5-9,13,16-17,19H,10-12H2,1-4H3. The lowest BCUT2D eigenvalue weighted by Gasteiger charge is -2.27. The summed E-state index contributed by atoms with van der Waals surface area (Å²) in [6.07, 6.45) is 5.02. The number of hydrogen-bond donors (Lipinski definition) is 1. The first-order valence-corrected chi connectivity index (χ1v) is 7.52. The minimum absolute atomic E-state index is 0.447. The SMILES string of the molecule is CC1=CC(C)CC(CNC(C)c2ccccc2C)C1. The maximum atomic E-state index is 3.72. The van der Waals surface area contributed by atoms with E-state index in [0.29, 0.717) is 6.04 Å². The molecular formula is C18H27N. The van der Waals surface area contributed by atoms with Crippen LogP contribution in [-0.4, -0.2) is 6.54 Å². The highest BCUT2D eigenvalue weighted by molar-refractivity contribution is 5.28. The minimum Gasteiger partial charge on any atom is -0.310 e. The maximum Gasteiger partial charge on any atom is 0.0294 e. The van der Waals surface area contributed by atoms with Crippen molar-refractivity contribution in [2.75, 3.05) is 6.54 Å². The van der Waals surface area contributed by atoms with Crippen LogP contribution in [0.1, 0.15) is 50.8 Å². The fourth-order valence-electron chi connectivity index (χ4n) is 3.37. The van der Waals surface area contributed by atoms with Crippen molar-refractivity contribution in [2.24, 2.45) is 11.8 Å². The van der Waals surface area contributed by atoms with E-state index in [0.717, 1.165) is 18.4 Å². The maximum absolute atomic E-state index is 3.72. The molecule has 0 aromatic heterocycles. The summed E-state index contributed by atoms with van der Waals surface area (Å²) >= 11 is 0. The lowest BCUT2D eigenvalue weighted by Crippen LogP contribution is -2.28. The van der Waals surface area contributed by atoms with Gasteiger partial charge in [0.05, 0.1) is 0 Å². The Hall–Kier alpha value is -1.08. The summed E-state index contributed by atoms with van der Waals surface area (Å²) in [6.45, 7) is 10.2. The summed E-state index contributed by atoms with van der Waals surface area (Å²) in [7, 11) is 0. The van der Waals surface area contributed by atoms with E-state index in [9.17, 15) is 0 Å². The summed E-state index contributed by atoms with van der Waals surface area (Å²) in [4.78, 5) is 0. The summed E-state index contributed by atoms with van der Waals surface area (Å²) < 4.78 is 0. The molecule has 3 atom stereocenters. The second kappa shape index (κ2) is 6.38. The van der Waals surface area contributed by atoms with Gasteiger partial charge in [-0.15, -0.1) is 0 Å². The highest BCUT2D eigenvalue weighted by Gasteiger charge is 2.18. The van der Waals surface area contributed by atoms with Gasteiger partial charge >= 0.3 is 0 Å². The molecular weight excluding hydrogens is 230 g/mol. The fourth-order valence-corrected chi connectivity index (χ4v) is 3.37. The Morgan fingerprint density at radius 1 is 1.26 bits per heavy atom. The van der Waals surface area contributed by atoms with Gasteiger partial charge in [0.1, 0.15) is 0 Å². The van der Waals surface area contributed by atoms with Gasteiger partial charge in [0, 0.05) is 6.04 Å². The van der Waals surface area contributed by atoms with Crippen molar-refractivity contribution in [3.8, 4) is 0 Å². The molecule has 1 N–H and O–H groups in total. The van der Waals surface area contributed by atoms with Crippen molar-refractivity contribution >= 4 is 0 Å². The van der Waals surface area contributed by atoms with Gasteiger partial charge in [0.2, 0.25) is 0 Å². The molecule has 0 saturated carbocycles. The van der Waals surface area contributed by atoms with Crippen molar-refractivity contribution in [3.05, 3.63) is 47.0 Å². The lowest BCUT2D eigenvalue weighted by atomic mass is 9.83. The predicted octanol–water partition coefficient (Wildman–Crippen LogP) is 4.64. The third kappa shape index (κ3) is 3.94. The second-order valence-corrected chi connectivity index (χ2v) is 6.28. The lowest BCUT2D eigenvalue weighted by molar-refractivity contribution is 0.366. The van der Waals surface area contributed by atoms with Gasteiger partial charge in [-0.1, -0.05) is 42.8 Å². The van der Waals surface area contributed by atoms with Crippen LogP contribution in [0.3, 0.4) is 0 Å². The van der Waals surface area contributed by atoms with Crippen molar-refractivity contribution in [1.29, 1.82) is 0 Å². The molecule has 1 aliphatic rings. The van der Waals surface area contributed by atoms with E-state index in [4.69, 9.17) is 0 Å². The molecule has 2 rings (SSSR count). The van der Waals surface area contributed by atoms with E-state index in [1.165, 1.54) is 24.0 Å². The van der Waals surface area contributed by atoms with Gasteiger partial charge in [-0.25, -0.2) is 0 Å². The largest absolute Gasteiger partial charge is 0.310 e. The molecule has 3 unspecified atom stereocenters. The summed E-state index contributed by atoms with van der Waals surface area (Å²) in [5.41, 5.74) is 4.38. The molecule has 1 aliphatic carbocycles. The minimum atomic E-state index is 0.447. The van der Waals surface area contributed by atoms with Crippen LogP contribution in [0, 0.1) is 18.8 Å². The molecule has 0 heterocycles. The zero-order chi connectivity index (χ0) is 13.8. The van der Waals surface area contributed by atoms with Crippen LogP contribution >= 0.6 is 0 Å². The Morgan fingerprint density at radius 3 is 2.68 bits per heavy atom.